The normalized spacial score (nSPS) is 18.7. The first-order valence-electron chi connectivity index (χ1n) is 5.75. The minimum Gasteiger partial charge on any atom is -0.322 e. The van der Waals surface area contributed by atoms with Crippen LogP contribution in [0.3, 0.4) is 0 Å². The number of benzene rings is 1. The second kappa shape index (κ2) is 4.88. The van der Waals surface area contributed by atoms with Gasteiger partial charge in [-0.1, -0.05) is 31.2 Å². The summed E-state index contributed by atoms with van der Waals surface area (Å²) >= 11 is 0. The number of urea groups is 1. The van der Waals surface area contributed by atoms with Gasteiger partial charge in [-0.3, -0.25) is 4.79 Å². The molecule has 1 aromatic carbocycles. The molecule has 0 radical (unpaired) electrons. The van der Waals surface area contributed by atoms with Gasteiger partial charge in [-0.25, -0.2) is 9.69 Å². The molecule has 92 valence electrons. The van der Waals surface area contributed by atoms with Crippen molar-refractivity contribution in [2.75, 3.05) is 6.54 Å². The van der Waals surface area contributed by atoms with Gasteiger partial charge in [0.15, 0.2) is 0 Å². The average molecular weight is 243 g/mol. The van der Waals surface area contributed by atoms with Crippen LogP contribution in [0.4, 0.5) is 4.79 Å². The number of nitrogens with one attached hydrogen (secondary N) is 1. The number of hydrogen-bond acceptors (Lipinski definition) is 3. The molecule has 1 aliphatic heterocycles. The van der Waals surface area contributed by atoms with E-state index in [0.29, 0.717) is 0 Å². The lowest BCUT2D eigenvalue weighted by molar-refractivity contribution is -0.127. The molecule has 3 amide bonds. The van der Waals surface area contributed by atoms with Crippen molar-refractivity contribution in [2.45, 2.75) is 19.4 Å². The van der Waals surface area contributed by atoms with Gasteiger partial charge in [-0.05, 0) is 17.5 Å². The maximum absolute atomic E-state index is 12.0. The third-order valence-electron chi connectivity index (χ3n) is 2.98. The third-order valence-corrected chi connectivity index (χ3v) is 2.98. The second-order valence-corrected chi connectivity index (χ2v) is 4.06. The molecule has 18 heavy (non-hydrogen) atoms. The van der Waals surface area contributed by atoms with Crippen molar-refractivity contribution in [3.63, 3.8) is 0 Å². The van der Waals surface area contributed by atoms with Crippen molar-refractivity contribution in [3.8, 4) is 6.07 Å². The fourth-order valence-corrected chi connectivity index (χ4v) is 1.91. The molecule has 0 aromatic heterocycles. The Bertz CT molecular complexity index is 516. The molecule has 2 rings (SSSR count). The second-order valence-electron chi connectivity index (χ2n) is 4.06. The Kier molecular flexibility index (Phi) is 3.28. The van der Waals surface area contributed by atoms with Crippen molar-refractivity contribution in [1.29, 1.82) is 5.26 Å². The Morgan fingerprint density at radius 1 is 1.33 bits per heavy atom. The van der Waals surface area contributed by atoms with E-state index in [0.717, 1.165) is 16.9 Å². The lowest BCUT2D eigenvalue weighted by atomic mass is 10.0. The topological polar surface area (TPSA) is 73.2 Å². The molecule has 0 spiro atoms. The maximum atomic E-state index is 12.0. The number of aryl methyl sites for hydroxylation is 1. The summed E-state index contributed by atoms with van der Waals surface area (Å²) in [6.07, 6.45) is 0.922. The standard InChI is InChI=1S/C13H13N3O2/c1-2-9-3-5-10(6-4-9)11-12(17)16(8-7-14)13(18)15-11/h3-6,11H,2,8H2,1H3,(H,15,18). The number of rotatable bonds is 3. The number of amides is 3. The van der Waals surface area contributed by atoms with Crippen molar-refractivity contribution in [3.05, 3.63) is 35.4 Å². The van der Waals surface area contributed by atoms with Crippen LogP contribution in [-0.2, 0) is 11.2 Å². The van der Waals surface area contributed by atoms with Gasteiger partial charge in [-0.15, -0.1) is 0 Å². The van der Waals surface area contributed by atoms with Gasteiger partial charge in [0.05, 0.1) is 6.07 Å². The predicted molar refractivity (Wildman–Crippen MR) is 64.4 cm³/mol. The molecule has 1 N–H and O–H groups in total. The van der Waals surface area contributed by atoms with E-state index in [9.17, 15) is 9.59 Å². The number of carbonyl (C=O) groups excluding carboxylic acids is 2. The maximum Gasteiger partial charge on any atom is 0.326 e. The van der Waals surface area contributed by atoms with Gasteiger partial charge < -0.3 is 5.32 Å². The van der Waals surface area contributed by atoms with Gasteiger partial charge >= 0.3 is 6.03 Å². The highest BCUT2D eigenvalue weighted by molar-refractivity contribution is 6.04. The SMILES string of the molecule is CCc1ccc(C2NC(=O)N(CC#N)C2=O)cc1. The van der Waals surface area contributed by atoms with Crippen molar-refractivity contribution in [1.82, 2.24) is 10.2 Å². The molecule has 1 aromatic rings. The zero-order chi connectivity index (χ0) is 13.1. The molecule has 1 heterocycles. The molecule has 5 heteroatoms. The highest BCUT2D eigenvalue weighted by Crippen LogP contribution is 2.22. The first-order valence-corrected chi connectivity index (χ1v) is 5.75. The van der Waals surface area contributed by atoms with Gasteiger partial charge in [0.1, 0.15) is 12.6 Å². The van der Waals surface area contributed by atoms with E-state index in [1.807, 2.05) is 31.2 Å². The average Bonchev–Trinajstić information content (AvgIpc) is 2.67. The highest BCUT2D eigenvalue weighted by Gasteiger charge is 2.38. The van der Waals surface area contributed by atoms with Crippen LogP contribution in [0.15, 0.2) is 24.3 Å². The minimum atomic E-state index is -0.670. The molecule has 0 bridgehead atoms. The Morgan fingerprint density at radius 3 is 2.56 bits per heavy atom. The summed E-state index contributed by atoms with van der Waals surface area (Å²) in [5.41, 5.74) is 1.91. The number of hydrogen-bond donors (Lipinski definition) is 1. The lowest BCUT2D eigenvalue weighted by Gasteiger charge is -2.09. The summed E-state index contributed by atoms with van der Waals surface area (Å²) in [7, 11) is 0. The van der Waals surface area contributed by atoms with Crippen molar-refractivity contribution >= 4 is 11.9 Å². The largest absolute Gasteiger partial charge is 0.326 e. The molecular weight excluding hydrogens is 230 g/mol. The van der Waals surface area contributed by atoms with E-state index in [2.05, 4.69) is 5.32 Å². The number of imide groups is 1. The van der Waals surface area contributed by atoms with Crippen LogP contribution in [-0.4, -0.2) is 23.4 Å². The van der Waals surface area contributed by atoms with Crippen molar-refractivity contribution in [2.24, 2.45) is 0 Å². The Morgan fingerprint density at radius 2 is 2.00 bits per heavy atom. The third kappa shape index (κ3) is 2.05. The zero-order valence-electron chi connectivity index (χ0n) is 10.0. The van der Waals surface area contributed by atoms with Gasteiger partial charge in [-0.2, -0.15) is 5.26 Å². The van der Waals surface area contributed by atoms with E-state index < -0.39 is 12.1 Å². The number of nitriles is 1. The lowest BCUT2D eigenvalue weighted by Crippen LogP contribution is -2.31. The van der Waals surface area contributed by atoms with Crippen LogP contribution in [0, 0.1) is 11.3 Å². The van der Waals surface area contributed by atoms with Gasteiger partial charge in [0.25, 0.3) is 5.91 Å². The van der Waals surface area contributed by atoms with Crippen LogP contribution < -0.4 is 5.32 Å². The van der Waals surface area contributed by atoms with Crippen LogP contribution >= 0.6 is 0 Å². The van der Waals surface area contributed by atoms with Crippen LogP contribution in [0.2, 0.25) is 0 Å². The molecule has 0 aliphatic carbocycles. The number of carbonyl (C=O) groups is 2. The van der Waals surface area contributed by atoms with E-state index in [-0.39, 0.29) is 12.5 Å². The molecule has 1 aliphatic rings. The number of nitrogens with zero attached hydrogens (tertiary/aromatic N) is 2. The van der Waals surface area contributed by atoms with E-state index >= 15 is 0 Å². The molecular formula is C13H13N3O2. The van der Waals surface area contributed by atoms with Crippen molar-refractivity contribution < 1.29 is 9.59 Å². The predicted octanol–water partition coefficient (Wildman–Crippen LogP) is 1.37. The summed E-state index contributed by atoms with van der Waals surface area (Å²) in [6.45, 7) is 1.83. The Hall–Kier alpha value is -2.35. The molecule has 1 fully saturated rings. The summed E-state index contributed by atoms with van der Waals surface area (Å²) in [4.78, 5) is 24.4. The summed E-state index contributed by atoms with van der Waals surface area (Å²) in [5, 5.41) is 11.1. The first-order chi connectivity index (χ1) is 8.67. The van der Waals surface area contributed by atoms with Crippen LogP contribution in [0.1, 0.15) is 24.1 Å². The molecule has 5 nitrogen and oxygen atoms in total. The highest BCUT2D eigenvalue weighted by atomic mass is 16.2. The minimum absolute atomic E-state index is 0.214. The summed E-state index contributed by atoms with van der Waals surface area (Å²) in [5.74, 6) is -0.370. The van der Waals surface area contributed by atoms with Crippen LogP contribution in [0.5, 0.6) is 0 Å². The quantitative estimate of drug-likeness (QED) is 0.643. The fourth-order valence-electron chi connectivity index (χ4n) is 1.91. The fraction of sp³-hybridized carbons (Fsp3) is 0.308. The first kappa shape index (κ1) is 12.1. The van der Waals surface area contributed by atoms with E-state index in [1.54, 1.807) is 6.07 Å². The zero-order valence-corrected chi connectivity index (χ0v) is 10.0. The van der Waals surface area contributed by atoms with Gasteiger partial charge in [0.2, 0.25) is 0 Å². The summed E-state index contributed by atoms with van der Waals surface area (Å²) in [6, 6.07) is 8.15. The molecule has 1 unspecified atom stereocenters. The molecule has 1 atom stereocenters. The van der Waals surface area contributed by atoms with Gasteiger partial charge in [0, 0.05) is 0 Å². The van der Waals surface area contributed by atoms with E-state index in [4.69, 9.17) is 5.26 Å². The Balaban J connectivity index is 2.22. The molecule has 0 saturated carbocycles. The van der Waals surface area contributed by atoms with Crippen LogP contribution in [0.25, 0.3) is 0 Å². The summed E-state index contributed by atoms with van der Waals surface area (Å²) < 4.78 is 0. The Labute approximate surface area is 105 Å². The monoisotopic (exact) mass is 243 g/mol. The molecule has 1 saturated heterocycles. The van der Waals surface area contributed by atoms with E-state index in [1.165, 1.54) is 5.56 Å². The smallest absolute Gasteiger partial charge is 0.322 e.